The van der Waals surface area contributed by atoms with Crippen LogP contribution in [0.25, 0.3) is 0 Å². The lowest BCUT2D eigenvalue weighted by Gasteiger charge is -2.15. The molecule has 2 rings (SSSR count). The van der Waals surface area contributed by atoms with E-state index in [0.29, 0.717) is 35.3 Å². The molecule has 0 amide bonds. The number of hydrogen-bond donors (Lipinski definition) is 1. The molecular formula is C16H16ClIO3. The zero-order chi connectivity index (χ0) is 15.2. The molecule has 0 radical (unpaired) electrons. The van der Waals surface area contributed by atoms with Crippen molar-refractivity contribution in [3.05, 3.63) is 56.1 Å². The largest absolute Gasteiger partial charge is 0.490 e. The van der Waals surface area contributed by atoms with Crippen LogP contribution in [0.2, 0.25) is 5.02 Å². The van der Waals surface area contributed by atoms with E-state index in [1.54, 1.807) is 12.1 Å². The maximum absolute atomic E-state index is 9.22. The second-order valence-corrected chi connectivity index (χ2v) is 6.06. The van der Waals surface area contributed by atoms with Gasteiger partial charge in [-0.25, -0.2) is 0 Å². The van der Waals surface area contributed by atoms with Crippen LogP contribution in [-0.2, 0) is 13.2 Å². The van der Waals surface area contributed by atoms with Gasteiger partial charge in [0.25, 0.3) is 0 Å². The van der Waals surface area contributed by atoms with E-state index in [2.05, 4.69) is 22.6 Å². The van der Waals surface area contributed by atoms with Gasteiger partial charge in [0.1, 0.15) is 6.61 Å². The maximum atomic E-state index is 9.22. The van der Waals surface area contributed by atoms with Gasteiger partial charge in [0.05, 0.1) is 18.2 Å². The molecule has 0 saturated carbocycles. The van der Waals surface area contributed by atoms with Crippen molar-refractivity contribution in [2.75, 3.05) is 6.61 Å². The number of aliphatic hydroxyl groups excluding tert-OH is 1. The van der Waals surface area contributed by atoms with Gasteiger partial charge in [0.2, 0.25) is 0 Å². The second-order valence-electron chi connectivity index (χ2n) is 4.41. The summed E-state index contributed by atoms with van der Waals surface area (Å²) in [6, 6.07) is 11.5. The molecule has 112 valence electrons. The molecule has 1 N–H and O–H groups in total. The summed E-state index contributed by atoms with van der Waals surface area (Å²) >= 11 is 8.48. The van der Waals surface area contributed by atoms with Gasteiger partial charge < -0.3 is 14.6 Å². The first-order valence-electron chi connectivity index (χ1n) is 6.57. The van der Waals surface area contributed by atoms with Crippen molar-refractivity contribution in [2.24, 2.45) is 0 Å². The zero-order valence-electron chi connectivity index (χ0n) is 11.6. The van der Waals surface area contributed by atoms with Crippen molar-refractivity contribution in [3.8, 4) is 11.5 Å². The number of rotatable bonds is 6. The predicted octanol–water partition coefficient (Wildman–Crippen LogP) is 4.41. The van der Waals surface area contributed by atoms with E-state index in [1.165, 1.54) is 3.57 Å². The standard InChI is InChI=1S/C16H16ClIO3/c1-2-20-15-8-12(9-19)7-14(17)16(15)21-10-11-3-5-13(18)6-4-11/h3-8,19H,2,9-10H2,1H3. The van der Waals surface area contributed by atoms with Crippen molar-refractivity contribution in [1.82, 2.24) is 0 Å². The van der Waals surface area contributed by atoms with Crippen LogP contribution in [0, 0.1) is 3.57 Å². The van der Waals surface area contributed by atoms with Crippen LogP contribution < -0.4 is 9.47 Å². The molecule has 0 heterocycles. The van der Waals surface area contributed by atoms with Crippen molar-refractivity contribution in [2.45, 2.75) is 20.1 Å². The first-order valence-corrected chi connectivity index (χ1v) is 8.03. The van der Waals surface area contributed by atoms with Gasteiger partial charge in [-0.15, -0.1) is 0 Å². The molecule has 0 aromatic heterocycles. The van der Waals surface area contributed by atoms with Crippen LogP contribution >= 0.6 is 34.2 Å². The van der Waals surface area contributed by atoms with Gasteiger partial charge >= 0.3 is 0 Å². The monoisotopic (exact) mass is 418 g/mol. The Bertz CT molecular complexity index is 599. The average Bonchev–Trinajstić information content (AvgIpc) is 2.48. The fraction of sp³-hybridized carbons (Fsp3) is 0.250. The summed E-state index contributed by atoms with van der Waals surface area (Å²) in [4.78, 5) is 0. The van der Waals surface area contributed by atoms with Gasteiger partial charge in [0, 0.05) is 3.57 Å². The Hall–Kier alpha value is -0.980. The molecule has 0 aliphatic carbocycles. The van der Waals surface area contributed by atoms with E-state index >= 15 is 0 Å². The topological polar surface area (TPSA) is 38.7 Å². The molecule has 0 unspecified atom stereocenters. The Balaban J connectivity index is 2.19. The lowest BCUT2D eigenvalue weighted by atomic mass is 10.2. The molecule has 3 nitrogen and oxygen atoms in total. The molecular weight excluding hydrogens is 403 g/mol. The molecule has 0 saturated heterocycles. The van der Waals surface area contributed by atoms with Crippen molar-refractivity contribution in [1.29, 1.82) is 0 Å². The molecule has 2 aromatic rings. The summed E-state index contributed by atoms with van der Waals surface area (Å²) in [5.41, 5.74) is 1.75. The summed E-state index contributed by atoms with van der Waals surface area (Å²) in [6.45, 7) is 2.72. The van der Waals surface area contributed by atoms with Crippen LogP contribution in [0.15, 0.2) is 36.4 Å². The lowest BCUT2D eigenvalue weighted by molar-refractivity contribution is 0.264. The molecule has 0 atom stereocenters. The molecule has 0 spiro atoms. The Kier molecular flexibility index (Phi) is 6.14. The van der Waals surface area contributed by atoms with Crippen molar-refractivity contribution < 1.29 is 14.6 Å². The van der Waals surface area contributed by atoms with Crippen LogP contribution in [0.3, 0.4) is 0 Å². The minimum absolute atomic E-state index is 0.0861. The van der Waals surface area contributed by atoms with Gasteiger partial charge in [-0.05, 0) is 64.9 Å². The zero-order valence-corrected chi connectivity index (χ0v) is 14.5. The fourth-order valence-corrected chi connectivity index (χ4v) is 2.50. The number of benzene rings is 2. The molecule has 0 bridgehead atoms. The van der Waals surface area contributed by atoms with Crippen LogP contribution in [0.4, 0.5) is 0 Å². The SMILES string of the molecule is CCOc1cc(CO)cc(Cl)c1OCc1ccc(I)cc1. The van der Waals surface area contributed by atoms with E-state index in [1.807, 2.05) is 31.2 Å². The minimum Gasteiger partial charge on any atom is -0.490 e. The van der Waals surface area contributed by atoms with Crippen LogP contribution in [-0.4, -0.2) is 11.7 Å². The Morgan fingerprint density at radius 2 is 1.81 bits per heavy atom. The smallest absolute Gasteiger partial charge is 0.180 e. The molecule has 0 aliphatic heterocycles. The number of hydrogen-bond acceptors (Lipinski definition) is 3. The van der Waals surface area contributed by atoms with Crippen LogP contribution in [0.1, 0.15) is 18.1 Å². The third-order valence-corrected chi connectivity index (χ3v) is 3.85. The van der Waals surface area contributed by atoms with Gasteiger partial charge in [-0.1, -0.05) is 23.7 Å². The van der Waals surface area contributed by atoms with Crippen molar-refractivity contribution in [3.63, 3.8) is 0 Å². The molecule has 5 heteroatoms. The molecule has 0 aliphatic rings. The minimum atomic E-state index is -0.0861. The van der Waals surface area contributed by atoms with E-state index in [4.69, 9.17) is 21.1 Å². The van der Waals surface area contributed by atoms with Crippen molar-refractivity contribution >= 4 is 34.2 Å². The summed E-state index contributed by atoms with van der Waals surface area (Å²) in [5, 5.41) is 9.66. The highest BCUT2D eigenvalue weighted by atomic mass is 127. The number of ether oxygens (including phenoxy) is 2. The highest BCUT2D eigenvalue weighted by Gasteiger charge is 2.12. The highest BCUT2D eigenvalue weighted by Crippen LogP contribution is 2.37. The number of halogens is 2. The van der Waals surface area contributed by atoms with Gasteiger partial charge in [-0.2, -0.15) is 0 Å². The summed E-state index contributed by atoms with van der Waals surface area (Å²) in [7, 11) is 0. The van der Waals surface area contributed by atoms with E-state index in [0.717, 1.165) is 5.56 Å². The molecule has 0 fully saturated rings. The Morgan fingerprint density at radius 1 is 1.10 bits per heavy atom. The van der Waals surface area contributed by atoms with E-state index < -0.39 is 0 Å². The Labute approximate surface area is 143 Å². The maximum Gasteiger partial charge on any atom is 0.180 e. The fourth-order valence-electron chi connectivity index (χ4n) is 1.85. The summed E-state index contributed by atoms with van der Waals surface area (Å²) in [5.74, 6) is 1.06. The van der Waals surface area contributed by atoms with E-state index in [-0.39, 0.29) is 6.61 Å². The third-order valence-electron chi connectivity index (χ3n) is 2.85. The quantitative estimate of drug-likeness (QED) is 0.706. The molecule has 21 heavy (non-hydrogen) atoms. The normalized spacial score (nSPS) is 10.5. The van der Waals surface area contributed by atoms with Gasteiger partial charge in [-0.3, -0.25) is 0 Å². The summed E-state index contributed by atoms with van der Waals surface area (Å²) in [6.07, 6.45) is 0. The first kappa shape index (κ1) is 16.4. The third kappa shape index (κ3) is 4.49. The summed E-state index contributed by atoms with van der Waals surface area (Å²) < 4.78 is 12.5. The van der Waals surface area contributed by atoms with Crippen LogP contribution in [0.5, 0.6) is 11.5 Å². The first-order chi connectivity index (χ1) is 10.1. The van der Waals surface area contributed by atoms with Gasteiger partial charge in [0.15, 0.2) is 11.5 Å². The molecule has 2 aromatic carbocycles. The average molecular weight is 419 g/mol. The second kappa shape index (κ2) is 7.87. The lowest BCUT2D eigenvalue weighted by Crippen LogP contribution is -2.01. The Morgan fingerprint density at radius 3 is 2.43 bits per heavy atom. The predicted molar refractivity (Wildman–Crippen MR) is 92.0 cm³/mol. The van der Waals surface area contributed by atoms with E-state index in [9.17, 15) is 5.11 Å². The number of aliphatic hydroxyl groups is 1. The highest BCUT2D eigenvalue weighted by molar-refractivity contribution is 14.1.